The highest BCUT2D eigenvalue weighted by Gasteiger charge is 2.23. The third kappa shape index (κ3) is 4.40. The zero-order chi connectivity index (χ0) is 12.0. The van der Waals surface area contributed by atoms with Crippen molar-refractivity contribution in [3.63, 3.8) is 0 Å². The van der Waals surface area contributed by atoms with Crippen LogP contribution in [0, 0.1) is 5.92 Å². The van der Waals surface area contributed by atoms with E-state index in [1.54, 1.807) is 0 Å². The topological polar surface area (TPSA) is 32.5 Å². The highest BCUT2D eigenvalue weighted by atomic mass is 15.2. The molecule has 0 aromatic carbocycles. The molecule has 1 aliphatic rings. The molecule has 0 aromatic rings. The van der Waals surface area contributed by atoms with E-state index in [4.69, 9.17) is 5.73 Å². The Morgan fingerprint density at radius 1 is 1.50 bits per heavy atom. The summed E-state index contributed by atoms with van der Waals surface area (Å²) in [6, 6.07) is 0.589. The molecule has 2 atom stereocenters. The summed E-state index contributed by atoms with van der Waals surface area (Å²) in [4.78, 5) is 4.92. The molecule has 1 fully saturated rings. The normalized spacial score (nSPS) is 24.2. The van der Waals surface area contributed by atoms with E-state index in [-0.39, 0.29) is 0 Å². The Bertz CT molecular complexity index is 184. The summed E-state index contributed by atoms with van der Waals surface area (Å²) in [5.74, 6) is 0.852. The van der Waals surface area contributed by atoms with Gasteiger partial charge in [0.25, 0.3) is 0 Å². The molecular formula is C13H29N3. The van der Waals surface area contributed by atoms with Crippen molar-refractivity contribution in [2.24, 2.45) is 11.7 Å². The van der Waals surface area contributed by atoms with Crippen molar-refractivity contribution in [2.75, 3.05) is 40.3 Å². The minimum atomic E-state index is 0.589. The first-order valence-electron chi connectivity index (χ1n) is 6.76. The van der Waals surface area contributed by atoms with Gasteiger partial charge in [-0.1, -0.05) is 19.8 Å². The summed E-state index contributed by atoms with van der Waals surface area (Å²) in [6.45, 7) is 6.80. The molecule has 2 unspecified atom stereocenters. The smallest absolute Gasteiger partial charge is 0.0215 e. The molecule has 3 nitrogen and oxygen atoms in total. The number of likely N-dealkylation sites (tertiary alicyclic amines) is 1. The first-order chi connectivity index (χ1) is 7.67. The van der Waals surface area contributed by atoms with Gasteiger partial charge in [0.15, 0.2) is 0 Å². The number of likely N-dealkylation sites (N-methyl/N-ethyl adjacent to an activating group) is 1. The minimum absolute atomic E-state index is 0.589. The Labute approximate surface area is 101 Å². The molecule has 1 saturated heterocycles. The van der Waals surface area contributed by atoms with Crippen molar-refractivity contribution in [1.29, 1.82) is 0 Å². The molecule has 0 saturated carbocycles. The van der Waals surface area contributed by atoms with Gasteiger partial charge in [-0.05, 0) is 39.4 Å². The van der Waals surface area contributed by atoms with Crippen LogP contribution in [0.4, 0.5) is 0 Å². The Balaban J connectivity index is 2.28. The number of hydrogen-bond donors (Lipinski definition) is 1. The van der Waals surface area contributed by atoms with Crippen LogP contribution in [-0.2, 0) is 0 Å². The van der Waals surface area contributed by atoms with E-state index < -0.39 is 0 Å². The van der Waals surface area contributed by atoms with Crippen LogP contribution in [0.5, 0.6) is 0 Å². The number of nitrogens with zero attached hydrogens (tertiary/aromatic N) is 2. The minimum Gasteiger partial charge on any atom is -0.329 e. The maximum absolute atomic E-state index is 5.86. The van der Waals surface area contributed by atoms with Crippen LogP contribution in [-0.4, -0.2) is 56.1 Å². The molecule has 16 heavy (non-hydrogen) atoms. The van der Waals surface area contributed by atoms with Gasteiger partial charge < -0.3 is 15.5 Å². The Morgan fingerprint density at radius 2 is 2.25 bits per heavy atom. The summed E-state index contributed by atoms with van der Waals surface area (Å²) in [5, 5.41) is 0. The lowest BCUT2D eigenvalue weighted by atomic mass is 10.0. The van der Waals surface area contributed by atoms with Gasteiger partial charge >= 0.3 is 0 Å². The quantitative estimate of drug-likeness (QED) is 0.713. The molecule has 0 bridgehead atoms. The number of nitrogens with two attached hydrogens (primary N) is 1. The molecule has 0 amide bonds. The molecular weight excluding hydrogens is 198 g/mol. The largest absolute Gasteiger partial charge is 0.329 e. The third-order valence-corrected chi connectivity index (χ3v) is 3.82. The molecule has 0 aliphatic carbocycles. The second kappa shape index (κ2) is 7.25. The molecule has 2 N–H and O–H groups in total. The summed E-state index contributed by atoms with van der Waals surface area (Å²) in [6.07, 6.45) is 5.19. The number of hydrogen-bond acceptors (Lipinski definition) is 3. The molecule has 3 heteroatoms. The monoisotopic (exact) mass is 227 g/mol. The molecule has 0 aromatic heterocycles. The highest BCUT2D eigenvalue weighted by molar-refractivity contribution is 4.78. The number of unbranched alkanes of at least 4 members (excludes halogenated alkanes) is 1. The van der Waals surface area contributed by atoms with E-state index in [1.807, 2.05) is 0 Å². The zero-order valence-corrected chi connectivity index (χ0v) is 11.3. The van der Waals surface area contributed by atoms with Crippen molar-refractivity contribution >= 4 is 0 Å². The van der Waals surface area contributed by atoms with Crippen molar-refractivity contribution in [1.82, 2.24) is 9.80 Å². The second-order valence-corrected chi connectivity index (χ2v) is 5.39. The van der Waals surface area contributed by atoms with Crippen molar-refractivity contribution in [2.45, 2.75) is 38.6 Å². The van der Waals surface area contributed by atoms with E-state index in [1.165, 1.54) is 45.3 Å². The van der Waals surface area contributed by atoms with Crippen LogP contribution in [0.15, 0.2) is 0 Å². The summed E-state index contributed by atoms with van der Waals surface area (Å²) < 4.78 is 0. The van der Waals surface area contributed by atoms with Gasteiger partial charge in [-0.25, -0.2) is 0 Å². The van der Waals surface area contributed by atoms with Crippen LogP contribution in [0.25, 0.3) is 0 Å². The van der Waals surface area contributed by atoms with Crippen LogP contribution in [0.1, 0.15) is 32.6 Å². The van der Waals surface area contributed by atoms with Crippen LogP contribution in [0.3, 0.4) is 0 Å². The molecule has 0 spiro atoms. The summed E-state index contributed by atoms with van der Waals surface area (Å²) in [7, 11) is 4.46. The standard InChI is InChI=1S/C13H29N3/c1-4-5-6-13(9-14)16(3)11-12-7-8-15(2)10-12/h12-13H,4-11,14H2,1-3H3. The van der Waals surface area contributed by atoms with Gasteiger partial charge in [0.2, 0.25) is 0 Å². The molecule has 1 rings (SSSR count). The van der Waals surface area contributed by atoms with Gasteiger partial charge in [-0.3, -0.25) is 0 Å². The maximum atomic E-state index is 5.86. The second-order valence-electron chi connectivity index (χ2n) is 5.39. The van der Waals surface area contributed by atoms with E-state index in [0.717, 1.165) is 12.5 Å². The Hall–Kier alpha value is -0.120. The highest BCUT2D eigenvalue weighted by Crippen LogP contribution is 2.17. The van der Waals surface area contributed by atoms with Crippen LogP contribution in [0.2, 0.25) is 0 Å². The van der Waals surface area contributed by atoms with E-state index in [9.17, 15) is 0 Å². The third-order valence-electron chi connectivity index (χ3n) is 3.82. The maximum Gasteiger partial charge on any atom is 0.0215 e. The van der Waals surface area contributed by atoms with Gasteiger partial charge in [0.05, 0.1) is 0 Å². The Kier molecular flexibility index (Phi) is 6.32. The van der Waals surface area contributed by atoms with Crippen LogP contribution >= 0.6 is 0 Å². The molecule has 0 radical (unpaired) electrons. The van der Waals surface area contributed by atoms with Crippen molar-refractivity contribution in [3.8, 4) is 0 Å². The summed E-state index contributed by atoms with van der Waals surface area (Å²) >= 11 is 0. The molecule has 96 valence electrons. The van der Waals surface area contributed by atoms with Crippen molar-refractivity contribution in [3.05, 3.63) is 0 Å². The molecule has 1 aliphatic heterocycles. The van der Waals surface area contributed by atoms with Crippen LogP contribution < -0.4 is 5.73 Å². The first kappa shape index (κ1) is 13.9. The average Bonchev–Trinajstić information content (AvgIpc) is 2.65. The molecule has 1 heterocycles. The predicted molar refractivity (Wildman–Crippen MR) is 70.6 cm³/mol. The van der Waals surface area contributed by atoms with Crippen molar-refractivity contribution < 1.29 is 0 Å². The number of rotatable bonds is 7. The van der Waals surface area contributed by atoms with Gasteiger partial charge in [0, 0.05) is 25.7 Å². The van der Waals surface area contributed by atoms with Gasteiger partial charge in [-0.2, -0.15) is 0 Å². The summed E-state index contributed by atoms with van der Waals surface area (Å²) in [5.41, 5.74) is 5.86. The lowest BCUT2D eigenvalue weighted by Gasteiger charge is -2.29. The van der Waals surface area contributed by atoms with E-state index in [0.29, 0.717) is 6.04 Å². The fourth-order valence-corrected chi connectivity index (χ4v) is 2.69. The SMILES string of the molecule is CCCCC(CN)N(C)CC1CCN(C)C1. The predicted octanol–water partition coefficient (Wildman–Crippen LogP) is 1.39. The van der Waals surface area contributed by atoms with E-state index in [2.05, 4.69) is 30.8 Å². The first-order valence-corrected chi connectivity index (χ1v) is 6.76. The van der Waals surface area contributed by atoms with Gasteiger partial charge in [-0.15, -0.1) is 0 Å². The van der Waals surface area contributed by atoms with E-state index >= 15 is 0 Å². The lowest BCUT2D eigenvalue weighted by molar-refractivity contribution is 0.198. The fraction of sp³-hybridized carbons (Fsp3) is 1.00. The fourth-order valence-electron chi connectivity index (χ4n) is 2.69. The zero-order valence-electron chi connectivity index (χ0n) is 11.3. The Morgan fingerprint density at radius 3 is 2.75 bits per heavy atom. The lowest BCUT2D eigenvalue weighted by Crippen LogP contribution is -2.41. The average molecular weight is 227 g/mol. The van der Waals surface area contributed by atoms with Gasteiger partial charge in [0.1, 0.15) is 0 Å².